The van der Waals surface area contributed by atoms with Gasteiger partial charge in [-0.1, -0.05) is 23.7 Å². The summed E-state index contributed by atoms with van der Waals surface area (Å²) >= 11 is 5.94. The maximum Gasteiger partial charge on any atom is 0.225 e. The zero-order valence-electron chi connectivity index (χ0n) is 11.6. The number of halogens is 1. The molecule has 1 aliphatic rings. The summed E-state index contributed by atoms with van der Waals surface area (Å²) in [6.45, 7) is 0.535. The fraction of sp³-hybridized carbons (Fsp3) is 0.533. The molecule has 1 amide bonds. The second-order valence-corrected chi connectivity index (χ2v) is 6.00. The molecule has 1 saturated carbocycles. The first-order chi connectivity index (χ1) is 9.47. The van der Waals surface area contributed by atoms with Crippen molar-refractivity contribution in [1.82, 2.24) is 4.90 Å². The predicted molar refractivity (Wildman–Crippen MR) is 79.2 cm³/mol. The van der Waals surface area contributed by atoms with Crippen LogP contribution < -0.4 is 5.73 Å². The fourth-order valence-electron chi connectivity index (χ4n) is 2.71. The molecular formula is C15H21ClN2O2. The number of nitrogens with zero attached hydrogens (tertiary/aromatic N) is 1. The van der Waals surface area contributed by atoms with Crippen molar-refractivity contribution in [3.63, 3.8) is 0 Å². The van der Waals surface area contributed by atoms with E-state index in [-0.39, 0.29) is 17.9 Å². The number of rotatable bonds is 3. The molecule has 1 aromatic carbocycles. The van der Waals surface area contributed by atoms with Crippen molar-refractivity contribution >= 4 is 17.5 Å². The summed E-state index contributed by atoms with van der Waals surface area (Å²) in [7, 11) is 1.79. The largest absolute Gasteiger partial charge is 0.392 e. The molecule has 1 aliphatic carbocycles. The molecule has 0 bridgehead atoms. The molecule has 5 heteroatoms. The maximum atomic E-state index is 12.4. The zero-order valence-corrected chi connectivity index (χ0v) is 12.4. The van der Waals surface area contributed by atoms with Crippen LogP contribution in [0.15, 0.2) is 24.3 Å². The highest BCUT2D eigenvalue weighted by Crippen LogP contribution is 2.25. The van der Waals surface area contributed by atoms with Crippen LogP contribution in [-0.2, 0) is 11.3 Å². The molecule has 0 unspecified atom stereocenters. The minimum atomic E-state index is -0.475. The average molecular weight is 297 g/mol. The number of carbonyl (C=O) groups excluding carboxylic acids is 1. The summed E-state index contributed by atoms with van der Waals surface area (Å²) in [6.07, 6.45) is 1.38. The second kappa shape index (κ2) is 6.57. The molecule has 1 aromatic rings. The molecule has 0 heterocycles. The van der Waals surface area contributed by atoms with Crippen LogP contribution >= 0.6 is 11.6 Å². The normalized spacial score (nSPS) is 26.3. The number of hydrogen-bond acceptors (Lipinski definition) is 3. The van der Waals surface area contributed by atoms with Crippen LogP contribution in [0, 0.1) is 5.92 Å². The zero-order chi connectivity index (χ0) is 14.7. The predicted octanol–water partition coefficient (Wildman–Crippen LogP) is 1.79. The number of benzene rings is 1. The highest BCUT2D eigenvalue weighted by Gasteiger charge is 2.32. The summed E-state index contributed by atoms with van der Waals surface area (Å²) < 4.78 is 0. The lowest BCUT2D eigenvalue weighted by molar-refractivity contribution is -0.136. The van der Waals surface area contributed by atoms with Crippen molar-refractivity contribution in [1.29, 1.82) is 0 Å². The Kier molecular flexibility index (Phi) is 5.02. The van der Waals surface area contributed by atoms with E-state index in [1.54, 1.807) is 11.9 Å². The Morgan fingerprint density at radius 3 is 2.90 bits per heavy atom. The molecule has 1 fully saturated rings. The first-order valence-electron chi connectivity index (χ1n) is 6.90. The van der Waals surface area contributed by atoms with Crippen LogP contribution in [0.5, 0.6) is 0 Å². The first kappa shape index (κ1) is 15.3. The third-order valence-corrected chi connectivity index (χ3v) is 4.13. The Bertz CT molecular complexity index is 481. The van der Waals surface area contributed by atoms with E-state index in [9.17, 15) is 9.90 Å². The van der Waals surface area contributed by atoms with Gasteiger partial charge >= 0.3 is 0 Å². The van der Waals surface area contributed by atoms with Crippen LogP contribution in [-0.4, -0.2) is 35.1 Å². The van der Waals surface area contributed by atoms with Crippen molar-refractivity contribution in [2.75, 3.05) is 7.05 Å². The first-order valence-corrected chi connectivity index (χ1v) is 7.28. The van der Waals surface area contributed by atoms with Crippen molar-refractivity contribution in [2.45, 2.75) is 38.0 Å². The molecule has 3 N–H and O–H groups in total. The van der Waals surface area contributed by atoms with Crippen LogP contribution in [0.2, 0.25) is 5.02 Å². The molecule has 0 spiro atoms. The molecular weight excluding hydrogens is 276 g/mol. The Morgan fingerprint density at radius 1 is 1.50 bits per heavy atom. The van der Waals surface area contributed by atoms with E-state index in [0.29, 0.717) is 30.8 Å². The van der Waals surface area contributed by atoms with E-state index < -0.39 is 6.10 Å². The third-order valence-electron chi connectivity index (χ3n) is 3.90. The molecule has 0 saturated heterocycles. The Labute approximate surface area is 124 Å². The highest BCUT2D eigenvalue weighted by atomic mass is 35.5. The molecule has 110 valence electrons. The lowest BCUT2D eigenvalue weighted by Gasteiger charge is -2.32. The summed E-state index contributed by atoms with van der Waals surface area (Å²) in [5.74, 6) is 0.00455. The van der Waals surface area contributed by atoms with Gasteiger partial charge in [0.25, 0.3) is 0 Å². The van der Waals surface area contributed by atoms with Crippen LogP contribution in [0.4, 0.5) is 0 Å². The molecule has 0 aliphatic heterocycles. The van der Waals surface area contributed by atoms with Gasteiger partial charge in [0.1, 0.15) is 0 Å². The number of carbonyl (C=O) groups is 1. The summed E-state index contributed by atoms with van der Waals surface area (Å²) in [5, 5.41) is 10.3. The van der Waals surface area contributed by atoms with Gasteiger partial charge in [0.2, 0.25) is 5.91 Å². The minimum absolute atomic E-state index is 0.0856. The van der Waals surface area contributed by atoms with Gasteiger partial charge in [0, 0.05) is 30.6 Å². The number of nitrogens with two attached hydrogens (primary N) is 1. The van der Waals surface area contributed by atoms with E-state index in [0.717, 1.165) is 5.56 Å². The lowest BCUT2D eigenvalue weighted by atomic mass is 9.83. The summed E-state index contributed by atoms with van der Waals surface area (Å²) in [5.41, 5.74) is 6.85. The number of aliphatic hydroxyl groups is 1. The fourth-order valence-corrected chi connectivity index (χ4v) is 2.93. The van der Waals surface area contributed by atoms with Crippen molar-refractivity contribution < 1.29 is 9.90 Å². The monoisotopic (exact) mass is 296 g/mol. The minimum Gasteiger partial charge on any atom is -0.392 e. The van der Waals surface area contributed by atoms with Gasteiger partial charge < -0.3 is 15.7 Å². The van der Waals surface area contributed by atoms with Gasteiger partial charge in [-0.25, -0.2) is 0 Å². The van der Waals surface area contributed by atoms with Crippen molar-refractivity contribution in [2.24, 2.45) is 11.7 Å². The van der Waals surface area contributed by atoms with Gasteiger partial charge in [-0.05, 0) is 37.0 Å². The standard InChI is InChI=1S/C15H21ClN2O2/c1-18(9-10-3-2-4-12(16)7-10)15(20)11-5-6-14(19)13(17)8-11/h2-4,7,11,13-14,19H,5-6,8-9,17H2,1H3/t11-,13+,14+/m0/s1. The summed E-state index contributed by atoms with van der Waals surface area (Å²) in [4.78, 5) is 14.1. The van der Waals surface area contributed by atoms with E-state index in [1.165, 1.54) is 0 Å². The molecule has 3 atom stereocenters. The smallest absolute Gasteiger partial charge is 0.225 e. The van der Waals surface area contributed by atoms with Crippen LogP contribution in [0.1, 0.15) is 24.8 Å². The van der Waals surface area contributed by atoms with Gasteiger partial charge in [-0.15, -0.1) is 0 Å². The Balaban J connectivity index is 1.95. The van der Waals surface area contributed by atoms with Crippen LogP contribution in [0.25, 0.3) is 0 Å². The SMILES string of the molecule is CN(Cc1cccc(Cl)c1)C(=O)[C@H]1CC[C@@H](O)[C@H](N)C1. The van der Waals surface area contributed by atoms with E-state index in [1.807, 2.05) is 24.3 Å². The molecule has 2 rings (SSSR count). The van der Waals surface area contributed by atoms with E-state index in [2.05, 4.69) is 0 Å². The maximum absolute atomic E-state index is 12.4. The highest BCUT2D eigenvalue weighted by molar-refractivity contribution is 6.30. The molecule has 20 heavy (non-hydrogen) atoms. The van der Waals surface area contributed by atoms with Gasteiger partial charge in [-0.2, -0.15) is 0 Å². The van der Waals surface area contributed by atoms with Crippen molar-refractivity contribution in [3.05, 3.63) is 34.9 Å². The van der Waals surface area contributed by atoms with E-state index >= 15 is 0 Å². The topological polar surface area (TPSA) is 66.6 Å². The Morgan fingerprint density at radius 2 is 2.25 bits per heavy atom. The Hall–Kier alpha value is -1.10. The van der Waals surface area contributed by atoms with Gasteiger partial charge in [-0.3, -0.25) is 4.79 Å². The molecule has 0 radical (unpaired) electrons. The number of amides is 1. The third kappa shape index (κ3) is 3.72. The molecule has 0 aromatic heterocycles. The van der Waals surface area contributed by atoms with Gasteiger partial charge in [0.05, 0.1) is 6.10 Å². The molecule has 4 nitrogen and oxygen atoms in total. The van der Waals surface area contributed by atoms with Crippen molar-refractivity contribution in [3.8, 4) is 0 Å². The van der Waals surface area contributed by atoms with E-state index in [4.69, 9.17) is 17.3 Å². The quantitative estimate of drug-likeness (QED) is 0.893. The summed E-state index contributed by atoms with van der Waals surface area (Å²) in [6, 6.07) is 7.21. The number of hydrogen-bond donors (Lipinski definition) is 2. The number of aliphatic hydroxyl groups excluding tert-OH is 1. The average Bonchev–Trinajstić information content (AvgIpc) is 2.41. The lowest BCUT2D eigenvalue weighted by Crippen LogP contribution is -2.45. The van der Waals surface area contributed by atoms with Gasteiger partial charge in [0.15, 0.2) is 0 Å². The second-order valence-electron chi connectivity index (χ2n) is 5.57. The van der Waals surface area contributed by atoms with Crippen LogP contribution in [0.3, 0.4) is 0 Å².